The number of rotatable bonds is 1. The van der Waals surface area contributed by atoms with Crippen LogP contribution in [0.4, 0.5) is 13.2 Å². The van der Waals surface area contributed by atoms with Gasteiger partial charge in [-0.05, 0) is 29.2 Å². The van der Waals surface area contributed by atoms with Crippen LogP contribution in [0.2, 0.25) is 0 Å². The smallest absolute Gasteiger partial charge is 0.430 e. The number of fused-ring (bicyclic) bond motifs is 5. The lowest BCUT2D eigenvalue weighted by atomic mass is 9.98. The quantitative estimate of drug-likeness (QED) is 0.380. The number of para-hydroxylation sites is 1. The Balaban J connectivity index is 0.000000289. The molecule has 3 aromatic carbocycles. The molecule has 0 aliphatic carbocycles. The van der Waals surface area contributed by atoms with Gasteiger partial charge in [0.15, 0.2) is 6.20 Å². The van der Waals surface area contributed by atoms with Gasteiger partial charge in [0.25, 0.3) is 0 Å². The predicted octanol–water partition coefficient (Wildman–Crippen LogP) is 4.32. The summed E-state index contributed by atoms with van der Waals surface area (Å²) in [5, 5.41) is 11.3. The Morgan fingerprint density at radius 2 is 1.45 bits per heavy atom. The van der Waals surface area contributed by atoms with Gasteiger partial charge in [0.2, 0.25) is 11.4 Å². The largest absolute Gasteiger partial charge is 0.542 e. The lowest BCUT2D eigenvalue weighted by Crippen LogP contribution is -2.37. The van der Waals surface area contributed by atoms with E-state index in [-0.39, 0.29) is 0 Å². The van der Waals surface area contributed by atoms with Crippen LogP contribution in [-0.4, -0.2) is 12.1 Å². The van der Waals surface area contributed by atoms with E-state index in [0.29, 0.717) is 0 Å². The van der Waals surface area contributed by atoms with E-state index < -0.39 is 12.1 Å². The van der Waals surface area contributed by atoms with Gasteiger partial charge in [-0.15, -0.1) is 0 Å². The van der Waals surface area contributed by atoms with Gasteiger partial charge in [-0.3, -0.25) is 0 Å². The normalized spacial score (nSPS) is 13.3. The standard InChI is InChI=1S/C23H16N.C2HF3O2/c1-2-8-17(9-3-1)16-21-20-12-6-7-13-22(20)24-15-14-18-10-4-5-11-19(18)23(21)24;3-2(4,5)1(6)7/h1-16H;(H,6,7)/q+1;/p-1/b21-16+;. The Labute approximate surface area is 176 Å². The van der Waals surface area contributed by atoms with Crippen molar-refractivity contribution in [3.63, 3.8) is 0 Å². The van der Waals surface area contributed by atoms with E-state index in [4.69, 9.17) is 9.90 Å². The van der Waals surface area contributed by atoms with Crippen LogP contribution in [0.5, 0.6) is 0 Å². The number of aromatic nitrogens is 1. The molecular weight excluding hydrogens is 403 g/mol. The molecule has 0 bridgehead atoms. The minimum atomic E-state index is -5.19. The number of hydrogen-bond donors (Lipinski definition) is 0. The number of carbonyl (C=O) groups excluding carboxylic acids is 1. The fourth-order valence-electron chi connectivity index (χ4n) is 3.59. The van der Waals surface area contributed by atoms with E-state index in [1.165, 1.54) is 38.9 Å². The summed E-state index contributed by atoms with van der Waals surface area (Å²) in [7, 11) is 0. The molecule has 1 aliphatic rings. The summed E-state index contributed by atoms with van der Waals surface area (Å²) in [6.07, 6.45) is -0.716. The highest BCUT2D eigenvalue weighted by Crippen LogP contribution is 2.36. The SMILES string of the molecule is C(=C1/c2ccccc2-[n+]2ccc3ccccc3c21)/c1ccccc1.O=C([O-])C(F)(F)F. The molecule has 4 aromatic rings. The topological polar surface area (TPSA) is 44.0 Å². The number of nitrogens with zero attached hydrogens (tertiary/aromatic N) is 1. The van der Waals surface area contributed by atoms with Gasteiger partial charge in [-0.25, -0.2) is 0 Å². The van der Waals surface area contributed by atoms with Crippen molar-refractivity contribution in [2.75, 3.05) is 0 Å². The van der Waals surface area contributed by atoms with Crippen LogP contribution in [0.1, 0.15) is 16.8 Å². The second-order valence-corrected chi connectivity index (χ2v) is 6.89. The number of carbonyl (C=O) groups is 1. The Morgan fingerprint density at radius 3 is 2.16 bits per heavy atom. The molecular formula is C25H16F3NO2. The molecule has 1 aromatic heterocycles. The number of benzene rings is 3. The second kappa shape index (κ2) is 8.07. The van der Waals surface area contributed by atoms with Crippen molar-refractivity contribution in [1.29, 1.82) is 0 Å². The van der Waals surface area contributed by atoms with Crippen molar-refractivity contribution >= 4 is 28.4 Å². The molecule has 6 heteroatoms. The van der Waals surface area contributed by atoms with Crippen molar-refractivity contribution in [3.05, 3.63) is 108 Å². The van der Waals surface area contributed by atoms with Crippen LogP contribution >= 0.6 is 0 Å². The van der Waals surface area contributed by atoms with Gasteiger partial charge >= 0.3 is 6.18 Å². The fourth-order valence-corrected chi connectivity index (χ4v) is 3.59. The lowest BCUT2D eigenvalue weighted by molar-refractivity contribution is -0.592. The number of halogens is 3. The first-order chi connectivity index (χ1) is 14.9. The van der Waals surface area contributed by atoms with Gasteiger partial charge in [0.1, 0.15) is 5.97 Å². The van der Waals surface area contributed by atoms with Crippen molar-refractivity contribution in [1.82, 2.24) is 0 Å². The molecule has 2 heterocycles. The van der Waals surface area contributed by atoms with Crippen molar-refractivity contribution in [2.24, 2.45) is 0 Å². The van der Waals surface area contributed by atoms with E-state index in [1.807, 2.05) is 0 Å². The summed E-state index contributed by atoms with van der Waals surface area (Å²) in [5.74, 6) is -3.01. The summed E-state index contributed by atoms with van der Waals surface area (Å²) in [6, 6.07) is 30.0. The molecule has 1 aliphatic heterocycles. The number of carboxylic acids is 1. The molecule has 0 saturated heterocycles. The number of pyridine rings is 1. The van der Waals surface area contributed by atoms with Crippen molar-refractivity contribution in [3.8, 4) is 5.69 Å². The summed E-state index contributed by atoms with van der Waals surface area (Å²) in [5.41, 5.74) is 6.33. The molecule has 0 N–H and O–H groups in total. The molecule has 0 radical (unpaired) electrons. The molecule has 0 amide bonds. The Kier molecular flexibility index (Phi) is 5.29. The maximum Gasteiger partial charge on any atom is 0.430 e. The lowest BCUT2D eigenvalue weighted by Gasteiger charge is -2.03. The third-order valence-electron chi connectivity index (χ3n) is 4.91. The third-order valence-corrected chi connectivity index (χ3v) is 4.91. The zero-order valence-corrected chi connectivity index (χ0v) is 16.1. The Bertz CT molecular complexity index is 1300. The highest BCUT2D eigenvalue weighted by molar-refractivity contribution is 6.02. The molecule has 31 heavy (non-hydrogen) atoms. The monoisotopic (exact) mass is 419 g/mol. The number of alkyl halides is 3. The van der Waals surface area contributed by atoms with E-state index >= 15 is 0 Å². The fraction of sp³-hybridized carbons (Fsp3) is 0.0400. The summed E-state index contributed by atoms with van der Waals surface area (Å²) < 4.78 is 33.9. The zero-order valence-electron chi connectivity index (χ0n) is 16.1. The summed E-state index contributed by atoms with van der Waals surface area (Å²) in [6.45, 7) is 0. The molecule has 0 unspecified atom stereocenters. The van der Waals surface area contributed by atoms with Crippen LogP contribution in [-0.2, 0) is 4.79 Å². The number of carboxylic acid groups (broad SMARTS) is 1. The van der Waals surface area contributed by atoms with Gasteiger partial charge < -0.3 is 9.90 Å². The van der Waals surface area contributed by atoms with Crippen molar-refractivity contribution in [2.45, 2.75) is 6.18 Å². The average molecular weight is 419 g/mol. The first-order valence-corrected chi connectivity index (χ1v) is 9.45. The first-order valence-electron chi connectivity index (χ1n) is 9.45. The maximum atomic E-state index is 10.5. The molecule has 154 valence electrons. The van der Waals surface area contributed by atoms with Crippen LogP contribution in [0.3, 0.4) is 0 Å². The van der Waals surface area contributed by atoms with Crippen molar-refractivity contribution < 1.29 is 27.6 Å². The molecule has 0 atom stereocenters. The highest BCUT2D eigenvalue weighted by atomic mass is 19.4. The average Bonchev–Trinajstić information content (AvgIpc) is 3.08. The van der Waals surface area contributed by atoms with E-state index in [2.05, 4.69) is 102 Å². The first kappa shape index (κ1) is 20.3. The molecule has 3 nitrogen and oxygen atoms in total. The number of hydrogen-bond acceptors (Lipinski definition) is 2. The summed E-state index contributed by atoms with van der Waals surface area (Å²) >= 11 is 0. The van der Waals surface area contributed by atoms with Gasteiger partial charge in [0.05, 0.1) is 16.5 Å². The molecule has 0 saturated carbocycles. The van der Waals surface area contributed by atoms with Gasteiger partial charge in [-0.1, -0.05) is 60.7 Å². The molecule has 5 rings (SSSR count). The Hall–Kier alpha value is -3.93. The molecule has 0 fully saturated rings. The van der Waals surface area contributed by atoms with Crippen LogP contribution in [0.25, 0.3) is 28.1 Å². The van der Waals surface area contributed by atoms with E-state index in [0.717, 1.165) is 0 Å². The zero-order chi connectivity index (χ0) is 22.0. The van der Waals surface area contributed by atoms with Crippen LogP contribution < -0.4 is 9.67 Å². The predicted molar refractivity (Wildman–Crippen MR) is 110 cm³/mol. The molecule has 0 spiro atoms. The maximum absolute atomic E-state index is 10.5. The minimum Gasteiger partial charge on any atom is -0.542 e. The second-order valence-electron chi connectivity index (χ2n) is 6.89. The third kappa shape index (κ3) is 4.05. The van der Waals surface area contributed by atoms with E-state index in [1.54, 1.807) is 0 Å². The van der Waals surface area contributed by atoms with Crippen LogP contribution in [0.15, 0.2) is 91.1 Å². The van der Waals surface area contributed by atoms with Gasteiger partial charge in [0, 0.05) is 12.1 Å². The highest BCUT2D eigenvalue weighted by Gasteiger charge is 2.33. The van der Waals surface area contributed by atoms with Crippen LogP contribution in [0, 0.1) is 0 Å². The van der Waals surface area contributed by atoms with E-state index in [9.17, 15) is 13.2 Å². The minimum absolute atomic E-state index is 1.23. The van der Waals surface area contributed by atoms with Gasteiger partial charge in [-0.2, -0.15) is 17.7 Å². The Morgan fingerprint density at radius 1 is 0.839 bits per heavy atom. The number of aliphatic carboxylic acids is 1. The summed E-state index contributed by atoms with van der Waals surface area (Å²) in [4.78, 5) is 8.78.